The van der Waals surface area contributed by atoms with Gasteiger partial charge >= 0.3 is 5.97 Å². The fourth-order valence-corrected chi connectivity index (χ4v) is 2.38. The number of aliphatic carboxylic acids is 1. The quantitative estimate of drug-likeness (QED) is 0.723. The van der Waals surface area contributed by atoms with Gasteiger partial charge in [0, 0.05) is 0 Å². The van der Waals surface area contributed by atoms with Crippen LogP contribution in [0, 0.1) is 6.92 Å². The van der Waals surface area contributed by atoms with Crippen LogP contribution in [0.2, 0.25) is 0 Å². The maximum absolute atomic E-state index is 12.2. The molecule has 0 radical (unpaired) electrons. The number of nitrogens with one attached hydrogen (secondary N) is 1. The fraction of sp³-hybridized carbons (Fsp3) is 0.529. The van der Waals surface area contributed by atoms with E-state index in [-0.39, 0.29) is 30.9 Å². The van der Waals surface area contributed by atoms with Gasteiger partial charge in [0.15, 0.2) is 11.5 Å². The summed E-state index contributed by atoms with van der Waals surface area (Å²) in [7, 11) is 4.73. The smallest absolute Gasteiger partial charge is 0.320 e. The van der Waals surface area contributed by atoms with Crippen LogP contribution in [-0.2, 0) is 9.59 Å². The van der Waals surface area contributed by atoms with E-state index in [1.165, 1.54) is 11.8 Å². The number of hydrogen-bond acceptors (Lipinski definition) is 5. The first-order chi connectivity index (χ1) is 11.2. The number of benzene rings is 1. The third kappa shape index (κ3) is 6.10. The number of carbonyl (C=O) groups is 2. The van der Waals surface area contributed by atoms with Gasteiger partial charge in [0.25, 0.3) is 0 Å². The Morgan fingerprint density at radius 2 is 1.72 bits per heavy atom. The van der Waals surface area contributed by atoms with Crippen molar-refractivity contribution < 1.29 is 24.2 Å². The molecule has 0 bridgehead atoms. The van der Waals surface area contributed by atoms with Gasteiger partial charge in [-0.2, -0.15) is 0 Å². The number of aryl methyl sites for hydroxylation is 1. The summed E-state index contributed by atoms with van der Waals surface area (Å²) in [6, 6.07) is 2.72. The summed E-state index contributed by atoms with van der Waals surface area (Å²) in [5, 5.41) is 11.9. The molecule has 0 aliphatic rings. The summed E-state index contributed by atoms with van der Waals surface area (Å²) in [6.45, 7) is 5.34. The molecule has 0 saturated carbocycles. The molecule has 1 rings (SSSR count). The van der Waals surface area contributed by atoms with Crippen molar-refractivity contribution in [3.63, 3.8) is 0 Å². The topological polar surface area (TPSA) is 88.1 Å². The molecule has 142 valence electrons. The molecule has 2 unspecified atom stereocenters. The van der Waals surface area contributed by atoms with E-state index in [0.717, 1.165) is 11.1 Å². The first-order valence-electron chi connectivity index (χ1n) is 7.66. The lowest BCUT2D eigenvalue weighted by molar-refractivity contribution is -0.142. The molecule has 25 heavy (non-hydrogen) atoms. The number of likely N-dealkylation sites (N-methyl/N-ethyl adjacent to an activating group) is 1. The number of methoxy groups -OCH3 is 2. The van der Waals surface area contributed by atoms with Crippen LogP contribution in [0.25, 0.3) is 0 Å². The second-order valence-electron chi connectivity index (χ2n) is 5.78. The van der Waals surface area contributed by atoms with Gasteiger partial charge in [0.1, 0.15) is 6.04 Å². The Labute approximate surface area is 154 Å². The van der Waals surface area contributed by atoms with Crippen molar-refractivity contribution >= 4 is 24.3 Å². The number of rotatable bonds is 8. The van der Waals surface area contributed by atoms with Gasteiger partial charge in [0.05, 0.1) is 26.8 Å². The van der Waals surface area contributed by atoms with Crippen molar-refractivity contribution in [2.75, 3.05) is 27.8 Å². The Bertz CT molecular complexity index is 609. The number of carbonyl (C=O) groups excluding carboxylic acids is 1. The maximum Gasteiger partial charge on any atom is 0.320 e. The van der Waals surface area contributed by atoms with Crippen LogP contribution >= 0.6 is 12.4 Å². The van der Waals surface area contributed by atoms with E-state index in [0.29, 0.717) is 11.5 Å². The zero-order valence-corrected chi connectivity index (χ0v) is 16.3. The van der Waals surface area contributed by atoms with E-state index in [1.54, 1.807) is 21.3 Å². The Balaban J connectivity index is 0.00000576. The van der Waals surface area contributed by atoms with Crippen molar-refractivity contribution in [2.45, 2.75) is 32.9 Å². The van der Waals surface area contributed by atoms with Gasteiger partial charge < -0.3 is 19.9 Å². The monoisotopic (exact) mass is 374 g/mol. The van der Waals surface area contributed by atoms with E-state index in [2.05, 4.69) is 5.32 Å². The molecule has 1 amide bonds. The molecule has 0 fully saturated rings. The summed E-state index contributed by atoms with van der Waals surface area (Å²) in [6.07, 6.45) is 0. The van der Waals surface area contributed by atoms with Crippen LogP contribution in [0.15, 0.2) is 12.1 Å². The number of nitrogens with zero attached hydrogens (tertiary/aromatic N) is 1. The van der Waals surface area contributed by atoms with Gasteiger partial charge in [-0.1, -0.05) is 0 Å². The number of ether oxygens (including phenoxy) is 2. The number of hydrogen-bond donors (Lipinski definition) is 2. The van der Waals surface area contributed by atoms with Gasteiger partial charge in [0.2, 0.25) is 5.91 Å². The van der Waals surface area contributed by atoms with Gasteiger partial charge in [-0.15, -0.1) is 12.4 Å². The Kier molecular flexibility index (Phi) is 9.30. The lowest BCUT2D eigenvalue weighted by Gasteiger charge is -2.23. The van der Waals surface area contributed by atoms with E-state index < -0.39 is 12.0 Å². The summed E-state index contributed by atoms with van der Waals surface area (Å²) < 4.78 is 10.6. The minimum atomic E-state index is -0.964. The normalized spacial score (nSPS) is 12.8. The molecule has 0 aliphatic heterocycles. The first-order valence-corrected chi connectivity index (χ1v) is 7.66. The van der Waals surface area contributed by atoms with Crippen LogP contribution in [-0.4, -0.2) is 55.7 Å². The second kappa shape index (κ2) is 10.1. The number of halogens is 1. The maximum atomic E-state index is 12.2. The molecule has 7 nitrogen and oxygen atoms in total. The van der Waals surface area contributed by atoms with Crippen molar-refractivity contribution in [3.05, 3.63) is 23.3 Å². The predicted octanol–water partition coefficient (Wildman–Crippen LogP) is 2.02. The fourth-order valence-electron chi connectivity index (χ4n) is 2.38. The lowest BCUT2D eigenvalue weighted by Crippen LogP contribution is -2.43. The highest BCUT2D eigenvalue weighted by molar-refractivity contribution is 5.85. The van der Waals surface area contributed by atoms with E-state index in [4.69, 9.17) is 14.6 Å². The van der Waals surface area contributed by atoms with Crippen molar-refractivity contribution in [1.29, 1.82) is 0 Å². The molecule has 8 heteroatoms. The predicted molar refractivity (Wildman–Crippen MR) is 97.8 cm³/mol. The van der Waals surface area contributed by atoms with E-state index in [9.17, 15) is 9.59 Å². The molecule has 1 aromatic carbocycles. The summed E-state index contributed by atoms with van der Waals surface area (Å²) in [5.41, 5.74) is 1.88. The minimum absolute atomic E-state index is 0. The van der Waals surface area contributed by atoms with Gasteiger partial charge in [-0.25, -0.2) is 0 Å². The number of amides is 1. The van der Waals surface area contributed by atoms with Crippen molar-refractivity contribution in [3.8, 4) is 11.5 Å². The Hall–Kier alpha value is -1.99. The molecule has 1 aromatic rings. The van der Waals surface area contributed by atoms with Crippen LogP contribution in [0.1, 0.15) is 31.0 Å². The van der Waals surface area contributed by atoms with Crippen LogP contribution in [0.5, 0.6) is 11.5 Å². The van der Waals surface area contributed by atoms with Crippen LogP contribution < -0.4 is 14.8 Å². The van der Waals surface area contributed by atoms with E-state index in [1.807, 2.05) is 26.0 Å². The van der Waals surface area contributed by atoms with E-state index >= 15 is 0 Å². The molecule has 0 saturated heterocycles. The molecule has 0 spiro atoms. The SMILES string of the molecule is COc1cc(C)c(C(C)NC(=O)CN(C)C(C)C(=O)O)cc1OC.Cl. The molecule has 0 aromatic heterocycles. The Morgan fingerprint density at radius 1 is 1.20 bits per heavy atom. The third-order valence-corrected chi connectivity index (χ3v) is 4.03. The van der Waals surface area contributed by atoms with Crippen LogP contribution in [0.3, 0.4) is 0 Å². The van der Waals surface area contributed by atoms with Gasteiger partial charge in [-0.3, -0.25) is 14.5 Å². The average molecular weight is 375 g/mol. The van der Waals surface area contributed by atoms with Gasteiger partial charge in [-0.05, 0) is 51.1 Å². The summed E-state index contributed by atoms with van der Waals surface area (Å²) >= 11 is 0. The molecule has 2 atom stereocenters. The standard InChI is InChI=1S/C17H26N2O5.ClH/c1-10-7-14(23-5)15(24-6)8-13(10)11(2)18-16(20)9-19(4)12(3)17(21)22;/h7-8,11-12H,9H2,1-6H3,(H,18,20)(H,21,22);1H. The highest BCUT2D eigenvalue weighted by Gasteiger charge is 2.21. The molecule has 0 heterocycles. The highest BCUT2D eigenvalue weighted by atomic mass is 35.5. The lowest BCUT2D eigenvalue weighted by atomic mass is 10.0. The first kappa shape index (κ1) is 23.0. The summed E-state index contributed by atoms with van der Waals surface area (Å²) in [5.74, 6) is 0.0180. The molecule has 2 N–H and O–H groups in total. The zero-order valence-electron chi connectivity index (χ0n) is 15.5. The number of carboxylic acid groups (broad SMARTS) is 1. The zero-order chi connectivity index (χ0) is 18.4. The van der Waals surface area contributed by atoms with Crippen molar-refractivity contribution in [2.24, 2.45) is 0 Å². The molecule has 0 aliphatic carbocycles. The summed E-state index contributed by atoms with van der Waals surface area (Å²) in [4.78, 5) is 24.6. The third-order valence-electron chi connectivity index (χ3n) is 4.03. The average Bonchev–Trinajstić information content (AvgIpc) is 2.52. The van der Waals surface area contributed by atoms with Crippen molar-refractivity contribution in [1.82, 2.24) is 10.2 Å². The Morgan fingerprint density at radius 3 is 2.20 bits per heavy atom. The van der Waals surface area contributed by atoms with Crippen LogP contribution in [0.4, 0.5) is 0 Å². The minimum Gasteiger partial charge on any atom is -0.493 e. The number of carboxylic acids is 1. The largest absolute Gasteiger partial charge is 0.493 e. The molecular formula is C17H27ClN2O5. The highest BCUT2D eigenvalue weighted by Crippen LogP contribution is 2.32. The molecular weight excluding hydrogens is 348 g/mol. The second-order valence-corrected chi connectivity index (χ2v) is 5.78.